The highest BCUT2D eigenvalue weighted by Crippen LogP contribution is 2.19. The Morgan fingerprint density at radius 2 is 0.675 bits per heavy atom. The molecule has 0 aromatic carbocycles. The van der Waals surface area contributed by atoms with Gasteiger partial charge in [0.25, 0.3) is 0 Å². The van der Waals surface area contributed by atoms with Crippen molar-refractivity contribution in [2.75, 3.05) is 47.5 Å². The van der Waals surface area contributed by atoms with Gasteiger partial charge in [-0.25, -0.2) is 0 Å². The second-order valence-corrected chi connectivity index (χ2v) is 25.2. The molecule has 0 aliphatic heterocycles. The van der Waals surface area contributed by atoms with Gasteiger partial charge in [-0.2, -0.15) is 0 Å². The average molecular weight is 1130 g/mol. The van der Waals surface area contributed by atoms with Crippen LogP contribution in [0.4, 0.5) is 0 Å². The van der Waals surface area contributed by atoms with Gasteiger partial charge in [0.05, 0.1) is 40.3 Å². The van der Waals surface area contributed by atoms with E-state index in [-0.39, 0.29) is 32.2 Å². The van der Waals surface area contributed by atoms with Gasteiger partial charge >= 0.3 is 11.9 Å². The third kappa shape index (κ3) is 63.4. The number of carbonyl (C=O) groups excluding carboxylic acids is 3. The maximum atomic E-state index is 12.9. The van der Waals surface area contributed by atoms with Gasteiger partial charge in [0.15, 0.2) is 12.4 Å². The first-order valence-electron chi connectivity index (χ1n) is 35.0. The van der Waals surface area contributed by atoms with E-state index >= 15 is 0 Å². The highest BCUT2D eigenvalue weighted by Gasteiger charge is 2.22. The Labute approximate surface area is 497 Å². The van der Waals surface area contributed by atoms with E-state index in [1.807, 2.05) is 21.1 Å². The zero-order valence-corrected chi connectivity index (χ0v) is 54.0. The molecule has 0 rings (SSSR count). The van der Waals surface area contributed by atoms with E-state index in [1.54, 1.807) is 0 Å². The number of carboxylic acids is 1. The lowest BCUT2D eigenvalue weighted by Crippen LogP contribution is -2.44. The molecule has 0 bridgehead atoms. The highest BCUT2D eigenvalue weighted by molar-refractivity contribution is 5.70. The molecule has 9 heteroatoms. The number of likely N-dealkylation sites (N-methyl/N-ethyl adjacent to an activating group) is 1. The van der Waals surface area contributed by atoms with Gasteiger partial charge < -0.3 is 33.3 Å². The van der Waals surface area contributed by atoms with Crippen LogP contribution < -0.4 is 5.11 Å². The zero-order valence-electron chi connectivity index (χ0n) is 54.0. The van der Waals surface area contributed by atoms with Crippen molar-refractivity contribution >= 4 is 17.9 Å². The molecule has 2 atom stereocenters. The Morgan fingerprint density at radius 1 is 0.375 bits per heavy atom. The molecule has 0 aromatic rings. The summed E-state index contributed by atoms with van der Waals surface area (Å²) in [7, 11) is 5.94. The summed E-state index contributed by atoms with van der Waals surface area (Å²) in [5.74, 6) is -2.25. The number of hydrogen-bond acceptors (Lipinski definition) is 8. The molecule has 0 spiro atoms. The number of nitrogens with zero attached hydrogens (tertiary/aromatic N) is 1. The summed E-state index contributed by atoms with van der Waals surface area (Å²) in [5.41, 5.74) is 0. The van der Waals surface area contributed by atoms with E-state index in [0.29, 0.717) is 17.4 Å². The Bertz CT molecular complexity index is 1360. The molecule has 472 valence electrons. The van der Waals surface area contributed by atoms with Crippen molar-refractivity contribution in [3.63, 3.8) is 0 Å². The lowest BCUT2D eigenvalue weighted by molar-refractivity contribution is -0.870. The number of hydrogen-bond donors (Lipinski definition) is 0. The first kappa shape index (κ1) is 77.8. The number of quaternary nitrogens is 1. The number of unbranched alkanes of at least 4 members (excludes halogenated alkanes) is 47. The number of carbonyl (C=O) groups is 3. The van der Waals surface area contributed by atoms with Crippen molar-refractivity contribution in [1.82, 2.24) is 0 Å². The number of esters is 2. The number of rotatable bonds is 66. The molecule has 0 aliphatic carbocycles. The average Bonchev–Trinajstić information content (AvgIpc) is 3.43. The van der Waals surface area contributed by atoms with Gasteiger partial charge in [-0.1, -0.05) is 321 Å². The molecule has 0 aliphatic rings. The summed E-state index contributed by atoms with van der Waals surface area (Å²) in [6, 6.07) is 0. The van der Waals surface area contributed by atoms with Crippen LogP contribution in [0.2, 0.25) is 0 Å². The first-order chi connectivity index (χ1) is 39.1. The van der Waals surface area contributed by atoms with Crippen LogP contribution in [-0.2, 0) is 33.3 Å². The van der Waals surface area contributed by atoms with Crippen LogP contribution in [0.1, 0.15) is 354 Å². The minimum absolute atomic E-state index is 0.152. The van der Waals surface area contributed by atoms with Crippen LogP contribution in [0.3, 0.4) is 0 Å². The van der Waals surface area contributed by atoms with E-state index in [0.717, 1.165) is 44.9 Å². The topological polar surface area (TPSA) is 111 Å². The van der Waals surface area contributed by atoms with Crippen molar-refractivity contribution in [3.8, 4) is 0 Å². The van der Waals surface area contributed by atoms with Crippen LogP contribution in [0.25, 0.3) is 0 Å². The molecular weight excluding hydrogens is 995 g/mol. The normalized spacial score (nSPS) is 12.8. The molecule has 2 unspecified atom stereocenters. The molecule has 0 N–H and O–H groups in total. The second-order valence-electron chi connectivity index (χ2n) is 25.2. The minimum Gasteiger partial charge on any atom is -0.545 e. The van der Waals surface area contributed by atoms with Crippen LogP contribution in [-0.4, -0.2) is 82.3 Å². The standard InChI is InChI=1S/C71H135NO8/c1-6-8-10-12-14-16-18-20-22-24-25-26-27-28-29-30-31-32-33-34-35-36-37-38-39-40-41-42-43-44-45-46-48-50-52-54-56-58-60-62-69(74)80-67(66-79-71(70(75)76)77-64-63-72(3,4)5)65-78-68(73)61-59-57-55-53-51-49-47-23-21-19-17-15-13-11-9-7-2/h18,20,24-25,67,71H,6-17,19,21-23,26-66H2,1-5H3/b20-18-,25-24-. The number of aliphatic carboxylic acids is 1. The van der Waals surface area contributed by atoms with Gasteiger partial charge in [-0.3, -0.25) is 9.59 Å². The summed E-state index contributed by atoms with van der Waals surface area (Å²) < 4.78 is 22.8. The molecule has 80 heavy (non-hydrogen) atoms. The van der Waals surface area contributed by atoms with Gasteiger partial charge in [0.1, 0.15) is 13.2 Å². The Balaban J connectivity index is 3.92. The van der Waals surface area contributed by atoms with Crippen molar-refractivity contribution in [2.24, 2.45) is 0 Å². The van der Waals surface area contributed by atoms with Gasteiger partial charge in [0.2, 0.25) is 0 Å². The molecule has 0 amide bonds. The van der Waals surface area contributed by atoms with Gasteiger partial charge in [0, 0.05) is 12.8 Å². The quantitative estimate of drug-likeness (QED) is 0.0195. The van der Waals surface area contributed by atoms with Crippen LogP contribution >= 0.6 is 0 Å². The summed E-state index contributed by atoms with van der Waals surface area (Å²) in [5, 5.41) is 11.8. The molecule has 0 heterocycles. The molecule has 0 radical (unpaired) electrons. The van der Waals surface area contributed by atoms with Crippen molar-refractivity contribution < 1.29 is 42.9 Å². The van der Waals surface area contributed by atoms with Gasteiger partial charge in [-0.05, 0) is 44.9 Å². The van der Waals surface area contributed by atoms with Gasteiger partial charge in [-0.15, -0.1) is 0 Å². The fourth-order valence-corrected chi connectivity index (χ4v) is 10.6. The third-order valence-electron chi connectivity index (χ3n) is 16.0. The summed E-state index contributed by atoms with van der Waals surface area (Å²) in [6.45, 7) is 4.80. The predicted molar refractivity (Wildman–Crippen MR) is 339 cm³/mol. The van der Waals surface area contributed by atoms with Crippen molar-refractivity contribution in [1.29, 1.82) is 0 Å². The van der Waals surface area contributed by atoms with Crippen molar-refractivity contribution in [2.45, 2.75) is 367 Å². The summed E-state index contributed by atoms with van der Waals surface area (Å²) >= 11 is 0. The van der Waals surface area contributed by atoms with Crippen molar-refractivity contribution in [3.05, 3.63) is 24.3 Å². The molecular formula is C71H135NO8. The number of carboxylic acid groups (broad SMARTS) is 1. The largest absolute Gasteiger partial charge is 0.545 e. The fraction of sp³-hybridized carbons (Fsp3) is 0.901. The zero-order chi connectivity index (χ0) is 58.3. The molecule has 9 nitrogen and oxygen atoms in total. The molecule has 0 saturated heterocycles. The molecule has 0 fully saturated rings. The lowest BCUT2D eigenvalue weighted by atomic mass is 10.0. The lowest BCUT2D eigenvalue weighted by Gasteiger charge is -2.26. The maximum Gasteiger partial charge on any atom is 0.306 e. The highest BCUT2D eigenvalue weighted by atomic mass is 16.7. The monoisotopic (exact) mass is 1130 g/mol. The smallest absolute Gasteiger partial charge is 0.306 e. The molecule has 0 aromatic heterocycles. The van der Waals surface area contributed by atoms with E-state index in [9.17, 15) is 19.5 Å². The second kappa shape index (κ2) is 62.8. The fourth-order valence-electron chi connectivity index (χ4n) is 10.6. The number of ether oxygens (including phenoxy) is 4. The van der Waals surface area contributed by atoms with E-state index < -0.39 is 24.3 Å². The summed E-state index contributed by atoms with van der Waals surface area (Å²) in [4.78, 5) is 37.4. The van der Waals surface area contributed by atoms with E-state index in [2.05, 4.69) is 38.2 Å². The maximum absolute atomic E-state index is 12.9. The van der Waals surface area contributed by atoms with Crippen LogP contribution in [0.5, 0.6) is 0 Å². The first-order valence-corrected chi connectivity index (χ1v) is 35.0. The Kier molecular flexibility index (Phi) is 61.1. The van der Waals surface area contributed by atoms with E-state index in [4.69, 9.17) is 18.9 Å². The predicted octanol–water partition coefficient (Wildman–Crippen LogP) is 20.1. The Hall–Kier alpha value is -2.23. The Morgan fingerprint density at radius 3 is 0.988 bits per heavy atom. The SMILES string of the molecule is CCCCCCC/C=C\C/C=C\CCCCCCCCCCCCCCCCCCCCCCCCCCCCCC(=O)OC(COC(=O)CCCCCCCCCCCCCCCCCC)COC(OCC[N+](C)(C)C)C(=O)[O-]. The van der Waals surface area contributed by atoms with Crippen LogP contribution in [0.15, 0.2) is 24.3 Å². The molecule has 0 saturated carbocycles. The third-order valence-corrected chi connectivity index (χ3v) is 16.0. The number of allylic oxidation sites excluding steroid dienone is 4. The van der Waals surface area contributed by atoms with E-state index in [1.165, 1.54) is 283 Å². The summed E-state index contributed by atoms with van der Waals surface area (Å²) in [6.07, 6.45) is 74.2. The van der Waals surface area contributed by atoms with Crippen LogP contribution in [0, 0.1) is 0 Å². The minimum atomic E-state index is -1.62.